The Bertz CT molecular complexity index is 1350. The maximum atomic E-state index is 14.7. The molecule has 2 aromatic rings. The molecule has 40 heavy (non-hydrogen) atoms. The van der Waals surface area contributed by atoms with Crippen molar-refractivity contribution in [2.24, 2.45) is 5.16 Å². The summed E-state index contributed by atoms with van der Waals surface area (Å²) in [5.41, 5.74) is -7.40. The number of rotatable bonds is 7. The third kappa shape index (κ3) is 6.26. The summed E-state index contributed by atoms with van der Waals surface area (Å²) >= 11 is 5.47. The van der Waals surface area contributed by atoms with Crippen LogP contribution in [0.3, 0.4) is 0 Å². The van der Waals surface area contributed by atoms with Gasteiger partial charge in [0.25, 0.3) is 17.9 Å². The Kier molecular flexibility index (Phi) is 8.62. The van der Waals surface area contributed by atoms with Crippen molar-refractivity contribution in [3.63, 3.8) is 0 Å². The van der Waals surface area contributed by atoms with E-state index < -0.39 is 83.1 Å². The third-order valence-electron chi connectivity index (χ3n) is 5.71. The van der Waals surface area contributed by atoms with E-state index in [0.29, 0.717) is 0 Å². The Labute approximate surface area is 223 Å². The van der Waals surface area contributed by atoms with Crippen LogP contribution in [0.2, 0.25) is 5.02 Å². The van der Waals surface area contributed by atoms with E-state index >= 15 is 0 Å². The van der Waals surface area contributed by atoms with Gasteiger partial charge in [0.2, 0.25) is 12.2 Å². The van der Waals surface area contributed by atoms with Gasteiger partial charge < -0.3 is 15.5 Å². The molecule has 1 heterocycles. The van der Waals surface area contributed by atoms with E-state index in [4.69, 9.17) is 11.6 Å². The Balaban J connectivity index is 1.86. The van der Waals surface area contributed by atoms with Crippen molar-refractivity contribution in [2.45, 2.75) is 44.0 Å². The lowest BCUT2D eigenvalue weighted by Gasteiger charge is -2.30. The molecule has 2 N–H and O–H groups in total. The number of nitrogens with one attached hydrogen (secondary N) is 2. The molecule has 0 aliphatic carbocycles. The fraction of sp³-hybridized carbons (Fsp3) is 0.348. The average Bonchev–Trinajstić information content (AvgIpc) is 3.30. The van der Waals surface area contributed by atoms with E-state index in [-0.39, 0.29) is 28.8 Å². The molecule has 0 radical (unpaired) electrons. The van der Waals surface area contributed by atoms with Gasteiger partial charge in [-0.3, -0.25) is 9.59 Å². The first-order valence-corrected chi connectivity index (χ1v) is 11.2. The minimum atomic E-state index is -5.47. The second kappa shape index (κ2) is 11.1. The Morgan fingerprint density at radius 3 is 2.30 bits per heavy atom. The second-order valence-corrected chi connectivity index (χ2v) is 8.87. The van der Waals surface area contributed by atoms with Crippen molar-refractivity contribution in [3.8, 4) is 0 Å². The Morgan fingerprint density at radius 2 is 1.75 bits per heavy atom. The van der Waals surface area contributed by atoms with Crippen molar-refractivity contribution < 1.29 is 58.3 Å². The molecule has 2 atom stereocenters. The number of hydrogen-bond donors (Lipinski definition) is 2. The number of nitrogens with zero attached hydrogens (tertiary/aromatic N) is 1. The van der Waals surface area contributed by atoms with Gasteiger partial charge in [-0.15, -0.1) is 0 Å². The van der Waals surface area contributed by atoms with Gasteiger partial charge in [0, 0.05) is 11.1 Å². The first kappa shape index (κ1) is 31.0. The molecular formula is C23H16ClF10N3O3. The van der Waals surface area contributed by atoms with Crippen molar-refractivity contribution in [1.29, 1.82) is 0 Å². The van der Waals surface area contributed by atoms with Crippen LogP contribution < -0.4 is 10.6 Å². The molecule has 0 saturated carbocycles. The molecule has 17 heteroatoms. The van der Waals surface area contributed by atoms with Gasteiger partial charge in [-0.25, -0.2) is 17.6 Å². The van der Waals surface area contributed by atoms with E-state index in [9.17, 15) is 53.5 Å². The van der Waals surface area contributed by atoms with Crippen LogP contribution in [0.15, 0.2) is 35.5 Å². The van der Waals surface area contributed by atoms with E-state index in [1.807, 2.05) is 5.32 Å². The summed E-state index contributed by atoms with van der Waals surface area (Å²) in [7, 11) is 0. The van der Waals surface area contributed by atoms with Crippen molar-refractivity contribution in [1.82, 2.24) is 10.6 Å². The molecule has 3 rings (SSSR count). The molecule has 1 aliphatic heterocycles. The van der Waals surface area contributed by atoms with Crippen LogP contribution in [0.1, 0.15) is 39.0 Å². The topological polar surface area (TPSA) is 79.8 Å². The zero-order chi connectivity index (χ0) is 30.2. The standard InChI is InChI=1S/C23H16ClF10N3O3/c1-9-4-10(2-3-12(9)20(39)35-8-16(38)36-19(28)18(26)27)15-7-21(40-37-15,23(32,33)34)13-5-11(22(29,30)31)6-14(24)17(13)25/h2-6,18-19H,7-8H2,1H3,(H,35,39)(H,36,38)/t19?,21-/m0/s1. The lowest BCUT2D eigenvalue weighted by Crippen LogP contribution is -2.43. The van der Waals surface area contributed by atoms with Crippen molar-refractivity contribution >= 4 is 29.1 Å². The number of alkyl halides is 9. The summed E-state index contributed by atoms with van der Waals surface area (Å²) in [5.74, 6) is -3.98. The van der Waals surface area contributed by atoms with Crippen LogP contribution in [0.25, 0.3) is 0 Å². The second-order valence-electron chi connectivity index (χ2n) is 8.46. The normalized spacial score (nSPS) is 18.3. The molecule has 0 fully saturated rings. The molecule has 6 nitrogen and oxygen atoms in total. The monoisotopic (exact) mass is 607 g/mol. The van der Waals surface area contributed by atoms with Gasteiger partial charge in [0.1, 0.15) is 5.82 Å². The maximum absolute atomic E-state index is 14.7. The minimum absolute atomic E-state index is 0.0611. The largest absolute Gasteiger partial charge is 0.435 e. The van der Waals surface area contributed by atoms with Crippen LogP contribution in [0.5, 0.6) is 0 Å². The molecule has 2 amide bonds. The fourth-order valence-corrected chi connectivity index (χ4v) is 3.92. The van der Waals surface area contributed by atoms with Crippen LogP contribution in [0.4, 0.5) is 43.9 Å². The summed E-state index contributed by atoms with van der Waals surface area (Å²) < 4.78 is 134. The third-order valence-corrected chi connectivity index (χ3v) is 5.99. The zero-order valence-electron chi connectivity index (χ0n) is 19.8. The van der Waals surface area contributed by atoms with E-state index in [0.717, 1.165) is 18.2 Å². The predicted octanol–water partition coefficient (Wildman–Crippen LogP) is 5.80. The molecule has 1 aliphatic rings. The minimum Gasteiger partial charge on any atom is -0.374 e. The number of benzene rings is 2. The first-order valence-electron chi connectivity index (χ1n) is 10.9. The molecule has 0 spiro atoms. The highest BCUT2D eigenvalue weighted by molar-refractivity contribution is 6.30. The summed E-state index contributed by atoms with van der Waals surface area (Å²) in [6.07, 6.45) is -18.3. The molecule has 0 bridgehead atoms. The van der Waals surface area contributed by atoms with E-state index in [1.54, 1.807) is 0 Å². The lowest BCUT2D eigenvalue weighted by molar-refractivity contribution is -0.276. The van der Waals surface area contributed by atoms with E-state index in [1.165, 1.54) is 12.2 Å². The number of halogens is 11. The number of oxime groups is 1. The smallest absolute Gasteiger partial charge is 0.374 e. The summed E-state index contributed by atoms with van der Waals surface area (Å²) in [6.45, 7) is 0.444. The van der Waals surface area contributed by atoms with Gasteiger partial charge >= 0.3 is 12.4 Å². The van der Waals surface area contributed by atoms with Crippen molar-refractivity contribution in [3.05, 3.63) is 69.0 Å². The van der Waals surface area contributed by atoms with E-state index in [2.05, 4.69) is 9.99 Å². The lowest BCUT2D eigenvalue weighted by atomic mass is 9.85. The average molecular weight is 608 g/mol. The Hall–Kier alpha value is -3.56. The van der Waals surface area contributed by atoms with Crippen LogP contribution in [-0.2, 0) is 21.4 Å². The van der Waals surface area contributed by atoms with Gasteiger partial charge in [0.05, 0.1) is 29.3 Å². The number of aryl methyl sites for hydroxylation is 1. The van der Waals surface area contributed by atoms with Gasteiger partial charge in [-0.05, 0) is 42.3 Å². The van der Waals surface area contributed by atoms with Crippen molar-refractivity contribution in [2.75, 3.05) is 6.54 Å². The van der Waals surface area contributed by atoms with Gasteiger partial charge in [0.15, 0.2) is 0 Å². The summed E-state index contributed by atoms with van der Waals surface area (Å²) in [5, 5.41) is 5.47. The Morgan fingerprint density at radius 1 is 1.10 bits per heavy atom. The maximum Gasteiger partial charge on any atom is 0.435 e. The highest BCUT2D eigenvalue weighted by Gasteiger charge is 2.64. The molecule has 218 valence electrons. The molecule has 2 aromatic carbocycles. The van der Waals surface area contributed by atoms with Crippen LogP contribution in [-0.4, -0.2) is 43.0 Å². The van der Waals surface area contributed by atoms with Crippen LogP contribution in [0, 0.1) is 12.7 Å². The highest BCUT2D eigenvalue weighted by Crippen LogP contribution is 2.51. The summed E-state index contributed by atoms with van der Waals surface area (Å²) in [4.78, 5) is 28.4. The molecular weight excluding hydrogens is 592 g/mol. The SMILES string of the molecule is Cc1cc(C2=NO[C@@](c3cc(C(F)(F)F)cc(Cl)c3F)(C(F)(F)F)C2)ccc1C(=O)NCC(=O)NC(F)C(F)F. The molecule has 0 aromatic heterocycles. The number of carbonyl (C=O) groups is 2. The van der Waals surface area contributed by atoms with Gasteiger partial charge in [-0.1, -0.05) is 22.8 Å². The quantitative estimate of drug-likeness (QED) is 0.309. The number of carbonyl (C=O) groups excluding carboxylic acids is 2. The predicted molar refractivity (Wildman–Crippen MR) is 119 cm³/mol. The molecule has 1 unspecified atom stereocenters. The first-order chi connectivity index (χ1) is 18.4. The fourth-order valence-electron chi connectivity index (χ4n) is 3.71. The number of hydrogen-bond acceptors (Lipinski definition) is 4. The summed E-state index contributed by atoms with van der Waals surface area (Å²) in [6, 6.07) is 3.42. The molecule has 0 saturated heterocycles. The van der Waals surface area contributed by atoms with Crippen LogP contribution >= 0.6 is 11.6 Å². The highest BCUT2D eigenvalue weighted by atomic mass is 35.5. The van der Waals surface area contributed by atoms with Gasteiger partial charge in [-0.2, -0.15) is 26.3 Å². The number of amides is 2. The zero-order valence-corrected chi connectivity index (χ0v) is 20.5.